The SMILES string of the molecule is N#Cc1cccnc1.O[B]O. The molecule has 0 aliphatic carbocycles. The second kappa shape index (κ2) is 6.74. The highest BCUT2D eigenvalue weighted by atomic mass is 16.4. The monoisotopic (exact) mass is 149 g/mol. The van der Waals surface area contributed by atoms with E-state index in [0.717, 1.165) is 0 Å². The Morgan fingerprint density at radius 2 is 2.18 bits per heavy atom. The van der Waals surface area contributed by atoms with Gasteiger partial charge in [0, 0.05) is 12.4 Å². The summed E-state index contributed by atoms with van der Waals surface area (Å²) in [5, 5.41) is 22.2. The molecule has 1 rings (SSSR count). The number of nitriles is 1. The Kier molecular flexibility index (Phi) is 5.90. The van der Waals surface area contributed by atoms with Crippen LogP contribution in [0.2, 0.25) is 0 Å². The third kappa shape index (κ3) is 5.09. The van der Waals surface area contributed by atoms with Gasteiger partial charge in [0.2, 0.25) is 0 Å². The van der Waals surface area contributed by atoms with Crippen molar-refractivity contribution in [3.05, 3.63) is 30.1 Å². The topological polar surface area (TPSA) is 77.1 Å². The molecular weight excluding hydrogens is 143 g/mol. The normalized spacial score (nSPS) is 7.00. The molecule has 1 radical (unpaired) electrons. The lowest BCUT2D eigenvalue weighted by Crippen LogP contribution is -1.75. The summed E-state index contributed by atoms with van der Waals surface area (Å²) in [5.41, 5.74) is 0.604. The Hall–Kier alpha value is -1.38. The molecule has 0 atom stereocenters. The molecule has 0 spiro atoms. The van der Waals surface area contributed by atoms with Crippen LogP contribution in [0.1, 0.15) is 5.56 Å². The van der Waals surface area contributed by atoms with Crippen LogP contribution in [0.15, 0.2) is 24.5 Å². The summed E-state index contributed by atoms with van der Waals surface area (Å²) in [4.78, 5) is 3.73. The molecule has 0 saturated heterocycles. The van der Waals surface area contributed by atoms with E-state index in [-0.39, 0.29) is 7.69 Å². The van der Waals surface area contributed by atoms with Crippen molar-refractivity contribution >= 4 is 7.69 Å². The van der Waals surface area contributed by atoms with Crippen LogP contribution in [0.5, 0.6) is 0 Å². The molecule has 0 saturated carbocycles. The van der Waals surface area contributed by atoms with Crippen LogP contribution in [-0.2, 0) is 0 Å². The molecule has 0 amide bonds. The van der Waals surface area contributed by atoms with E-state index in [1.165, 1.54) is 6.20 Å². The van der Waals surface area contributed by atoms with Gasteiger partial charge in [-0.3, -0.25) is 4.98 Å². The fourth-order valence-corrected chi connectivity index (χ4v) is 0.429. The molecule has 0 aromatic carbocycles. The highest BCUT2D eigenvalue weighted by Crippen LogP contribution is 1.89. The zero-order valence-electron chi connectivity index (χ0n) is 5.68. The fourth-order valence-electron chi connectivity index (χ4n) is 0.429. The molecule has 4 nitrogen and oxygen atoms in total. The van der Waals surface area contributed by atoms with Crippen molar-refractivity contribution in [2.24, 2.45) is 0 Å². The fraction of sp³-hybridized carbons (Fsp3) is 0. The third-order valence-corrected chi connectivity index (χ3v) is 0.791. The molecule has 1 heterocycles. The number of aromatic nitrogens is 1. The van der Waals surface area contributed by atoms with Crippen LogP contribution in [0.3, 0.4) is 0 Å². The Morgan fingerprint density at radius 1 is 1.55 bits per heavy atom. The van der Waals surface area contributed by atoms with Crippen molar-refractivity contribution in [1.29, 1.82) is 5.26 Å². The number of hydrogen-bond donors (Lipinski definition) is 2. The molecule has 0 aliphatic heterocycles. The van der Waals surface area contributed by atoms with Crippen molar-refractivity contribution in [1.82, 2.24) is 4.98 Å². The lowest BCUT2D eigenvalue weighted by atomic mass is 10.3. The van der Waals surface area contributed by atoms with Crippen molar-refractivity contribution in [3.8, 4) is 6.07 Å². The number of nitrogens with zero attached hydrogens (tertiary/aromatic N) is 2. The largest absolute Gasteiger partial charge is 0.482 e. The molecule has 11 heavy (non-hydrogen) atoms. The summed E-state index contributed by atoms with van der Waals surface area (Å²) in [6, 6.07) is 5.41. The van der Waals surface area contributed by atoms with Gasteiger partial charge in [0.25, 0.3) is 0 Å². The molecule has 2 N–H and O–H groups in total. The quantitative estimate of drug-likeness (QED) is 0.485. The highest BCUT2D eigenvalue weighted by Gasteiger charge is 1.80. The molecule has 5 heteroatoms. The molecular formula is C6H6BN2O2. The minimum atomic E-state index is 0. The minimum Gasteiger partial charge on any atom is -0.429 e. The van der Waals surface area contributed by atoms with E-state index in [1.807, 2.05) is 6.07 Å². The van der Waals surface area contributed by atoms with Crippen molar-refractivity contribution < 1.29 is 10.0 Å². The van der Waals surface area contributed by atoms with Crippen molar-refractivity contribution in [2.75, 3.05) is 0 Å². The van der Waals surface area contributed by atoms with E-state index in [0.29, 0.717) is 5.56 Å². The van der Waals surface area contributed by atoms with Crippen LogP contribution in [0, 0.1) is 11.3 Å². The van der Waals surface area contributed by atoms with Crippen LogP contribution in [-0.4, -0.2) is 22.7 Å². The first-order chi connectivity index (χ1) is 5.35. The third-order valence-electron chi connectivity index (χ3n) is 0.791. The van der Waals surface area contributed by atoms with E-state index >= 15 is 0 Å². The van der Waals surface area contributed by atoms with Crippen molar-refractivity contribution in [3.63, 3.8) is 0 Å². The average molecular weight is 149 g/mol. The number of pyridine rings is 1. The Morgan fingerprint density at radius 3 is 2.45 bits per heavy atom. The molecule has 1 aromatic rings. The lowest BCUT2D eigenvalue weighted by molar-refractivity contribution is 0.448. The predicted molar refractivity (Wildman–Crippen MR) is 39.1 cm³/mol. The second-order valence-electron chi connectivity index (χ2n) is 1.47. The Labute approximate surface area is 65.1 Å². The van der Waals surface area contributed by atoms with Gasteiger partial charge < -0.3 is 10.0 Å². The van der Waals surface area contributed by atoms with Gasteiger partial charge in [-0.05, 0) is 12.1 Å². The molecule has 0 aliphatic rings. The molecule has 0 fully saturated rings. The second-order valence-corrected chi connectivity index (χ2v) is 1.47. The summed E-state index contributed by atoms with van der Waals surface area (Å²) in [5.74, 6) is 0. The average Bonchev–Trinajstić information content (AvgIpc) is 2.08. The first-order valence-electron chi connectivity index (χ1n) is 2.75. The molecule has 1 aromatic heterocycles. The maximum Gasteiger partial charge on any atom is 0.482 e. The summed E-state index contributed by atoms with van der Waals surface area (Å²) in [6.45, 7) is 0. The zero-order chi connectivity index (χ0) is 8.53. The van der Waals surface area contributed by atoms with Gasteiger partial charge >= 0.3 is 7.69 Å². The first kappa shape index (κ1) is 9.62. The van der Waals surface area contributed by atoms with E-state index in [9.17, 15) is 0 Å². The van der Waals surface area contributed by atoms with Crippen LogP contribution in [0.25, 0.3) is 0 Å². The van der Waals surface area contributed by atoms with E-state index < -0.39 is 0 Å². The number of hydrogen-bond acceptors (Lipinski definition) is 4. The van der Waals surface area contributed by atoms with Gasteiger partial charge in [0.05, 0.1) is 5.56 Å². The van der Waals surface area contributed by atoms with Gasteiger partial charge in [-0.2, -0.15) is 5.26 Å². The van der Waals surface area contributed by atoms with Gasteiger partial charge in [-0.15, -0.1) is 0 Å². The lowest BCUT2D eigenvalue weighted by Gasteiger charge is -1.79. The Bertz CT molecular complexity index is 222. The summed E-state index contributed by atoms with van der Waals surface area (Å²) in [6.07, 6.45) is 3.17. The van der Waals surface area contributed by atoms with E-state index in [4.69, 9.17) is 15.3 Å². The minimum absolute atomic E-state index is 0. The summed E-state index contributed by atoms with van der Waals surface area (Å²) < 4.78 is 0. The molecule has 0 bridgehead atoms. The summed E-state index contributed by atoms with van der Waals surface area (Å²) in [7, 11) is 0. The zero-order valence-corrected chi connectivity index (χ0v) is 5.68. The Balaban J connectivity index is 0.000000292. The molecule has 0 unspecified atom stereocenters. The maximum atomic E-state index is 8.25. The number of rotatable bonds is 0. The van der Waals surface area contributed by atoms with Crippen LogP contribution >= 0.6 is 0 Å². The smallest absolute Gasteiger partial charge is 0.429 e. The maximum absolute atomic E-state index is 8.25. The van der Waals surface area contributed by atoms with E-state index in [1.54, 1.807) is 18.3 Å². The highest BCUT2D eigenvalue weighted by molar-refractivity contribution is 6.13. The van der Waals surface area contributed by atoms with E-state index in [2.05, 4.69) is 4.98 Å². The standard InChI is InChI=1S/C6H4N2.BH2O2/c7-4-6-2-1-3-8-5-6;2-1-3/h1-3,5H;2-3H. The van der Waals surface area contributed by atoms with Crippen LogP contribution in [0.4, 0.5) is 0 Å². The van der Waals surface area contributed by atoms with Gasteiger partial charge in [-0.1, -0.05) is 0 Å². The summed E-state index contributed by atoms with van der Waals surface area (Å²) >= 11 is 0. The first-order valence-corrected chi connectivity index (χ1v) is 2.75. The van der Waals surface area contributed by atoms with Gasteiger partial charge in [0.1, 0.15) is 6.07 Å². The molecule has 55 valence electrons. The van der Waals surface area contributed by atoms with Crippen molar-refractivity contribution in [2.45, 2.75) is 0 Å². The van der Waals surface area contributed by atoms with Gasteiger partial charge in [-0.25, -0.2) is 0 Å². The van der Waals surface area contributed by atoms with Crippen LogP contribution < -0.4 is 0 Å². The van der Waals surface area contributed by atoms with Gasteiger partial charge in [0.15, 0.2) is 0 Å². The predicted octanol–water partition coefficient (Wildman–Crippen LogP) is -0.542.